The zero-order chi connectivity index (χ0) is 18.2. The van der Waals surface area contributed by atoms with Gasteiger partial charge < -0.3 is 14.5 Å². The van der Waals surface area contributed by atoms with Crippen molar-refractivity contribution >= 4 is 21.6 Å². The Hall–Kier alpha value is -1.97. The highest BCUT2D eigenvalue weighted by molar-refractivity contribution is 7.89. The number of hydrogen-bond donors (Lipinski definition) is 1. The Morgan fingerprint density at radius 1 is 1.40 bits per heavy atom. The van der Waals surface area contributed by atoms with Crippen molar-refractivity contribution in [3.63, 3.8) is 0 Å². The summed E-state index contributed by atoms with van der Waals surface area (Å²) in [5.41, 5.74) is 1.97. The van der Waals surface area contributed by atoms with Crippen LogP contribution in [0.15, 0.2) is 24.4 Å². The van der Waals surface area contributed by atoms with E-state index in [1.54, 1.807) is 6.20 Å². The number of ether oxygens (including phenoxy) is 1. The molecular weight excluding hydrogens is 344 g/mol. The minimum absolute atomic E-state index is 0.0603. The normalized spacial score (nSPS) is 21.1. The number of rotatable bonds is 5. The first-order valence-electron chi connectivity index (χ1n) is 8.01. The number of hydrogen-bond acceptors (Lipinski definition) is 5. The van der Waals surface area contributed by atoms with Gasteiger partial charge in [0.15, 0.2) is 0 Å². The summed E-state index contributed by atoms with van der Waals surface area (Å²) in [4.78, 5) is 16.9. The van der Waals surface area contributed by atoms with Gasteiger partial charge in [0.1, 0.15) is 11.3 Å². The molecule has 1 saturated heterocycles. The molecule has 9 heteroatoms. The third kappa shape index (κ3) is 3.68. The van der Waals surface area contributed by atoms with Crippen LogP contribution in [-0.4, -0.2) is 67.1 Å². The molecule has 136 valence electrons. The van der Waals surface area contributed by atoms with Crippen molar-refractivity contribution in [2.24, 2.45) is 5.92 Å². The molecule has 1 N–H and O–H groups in total. The number of fused-ring (bicyclic) bond motifs is 1. The lowest BCUT2D eigenvalue weighted by molar-refractivity contribution is 0.0921. The number of aryl methyl sites for hydroxylation is 1. The molecule has 0 unspecified atom stereocenters. The topological polar surface area (TPSA) is 93.0 Å². The van der Waals surface area contributed by atoms with Gasteiger partial charge in [-0.2, -0.15) is 0 Å². The molecule has 0 radical (unpaired) electrons. The van der Waals surface area contributed by atoms with Crippen LogP contribution < -0.4 is 5.32 Å². The molecule has 1 fully saturated rings. The fourth-order valence-corrected chi connectivity index (χ4v) is 4.01. The maximum Gasteiger partial charge on any atom is 0.271 e. The predicted molar refractivity (Wildman–Crippen MR) is 93.0 cm³/mol. The number of nitrogens with zero attached hydrogens (tertiary/aromatic N) is 3. The molecule has 3 rings (SSSR count). The Bertz CT molecular complexity index is 891. The van der Waals surface area contributed by atoms with Crippen molar-refractivity contribution in [2.45, 2.75) is 13.0 Å². The van der Waals surface area contributed by atoms with Gasteiger partial charge >= 0.3 is 0 Å². The molecule has 2 aromatic rings. The fraction of sp³-hybridized carbons (Fsp3) is 0.500. The zero-order valence-electron chi connectivity index (χ0n) is 14.5. The smallest absolute Gasteiger partial charge is 0.271 e. The zero-order valence-corrected chi connectivity index (χ0v) is 15.3. The first-order chi connectivity index (χ1) is 11.8. The van der Waals surface area contributed by atoms with Crippen LogP contribution in [0.4, 0.5) is 0 Å². The summed E-state index contributed by atoms with van der Waals surface area (Å²) >= 11 is 0. The van der Waals surface area contributed by atoms with Crippen molar-refractivity contribution in [1.82, 2.24) is 19.0 Å². The molecule has 0 aromatic carbocycles. The van der Waals surface area contributed by atoms with E-state index >= 15 is 0 Å². The molecule has 0 saturated carbocycles. The number of aromatic nitrogens is 2. The summed E-state index contributed by atoms with van der Waals surface area (Å²) in [6, 6.07) is 5.29. The van der Waals surface area contributed by atoms with Crippen molar-refractivity contribution < 1.29 is 17.9 Å². The van der Waals surface area contributed by atoms with Crippen LogP contribution in [0.5, 0.6) is 0 Å². The van der Waals surface area contributed by atoms with Gasteiger partial charge in [0, 0.05) is 31.9 Å². The van der Waals surface area contributed by atoms with Gasteiger partial charge in [-0.15, -0.1) is 0 Å². The van der Waals surface area contributed by atoms with Crippen LogP contribution in [0.25, 0.3) is 5.65 Å². The molecule has 1 aliphatic rings. The molecule has 0 bridgehead atoms. The van der Waals surface area contributed by atoms with E-state index < -0.39 is 10.0 Å². The lowest BCUT2D eigenvalue weighted by Gasteiger charge is -2.20. The van der Waals surface area contributed by atoms with Gasteiger partial charge in [0.05, 0.1) is 25.0 Å². The molecule has 3 heterocycles. The molecule has 0 aliphatic carbocycles. The van der Waals surface area contributed by atoms with E-state index in [9.17, 15) is 13.2 Å². The van der Waals surface area contributed by atoms with Gasteiger partial charge in [-0.1, -0.05) is 6.07 Å². The average Bonchev–Trinajstić information content (AvgIpc) is 3.15. The minimum Gasteiger partial charge on any atom is -0.379 e. The Kier molecular flexibility index (Phi) is 4.81. The van der Waals surface area contributed by atoms with Crippen LogP contribution >= 0.6 is 0 Å². The van der Waals surface area contributed by atoms with E-state index in [0.29, 0.717) is 24.6 Å². The van der Waals surface area contributed by atoms with Crippen LogP contribution in [-0.2, 0) is 14.8 Å². The highest BCUT2D eigenvalue weighted by Gasteiger charge is 2.34. The van der Waals surface area contributed by atoms with E-state index in [0.717, 1.165) is 5.69 Å². The molecule has 1 amide bonds. The highest BCUT2D eigenvalue weighted by Crippen LogP contribution is 2.18. The molecule has 0 spiro atoms. The van der Waals surface area contributed by atoms with Gasteiger partial charge in [0.2, 0.25) is 10.0 Å². The van der Waals surface area contributed by atoms with E-state index in [4.69, 9.17) is 4.74 Å². The Labute approximate surface area is 146 Å². The van der Waals surface area contributed by atoms with Gasteiger partial charge in [0.25, 0.3) is 5.91 Å². The quantitative estimate of drug-likeness (QED) is 0.820. The lowest BCUT2D eigenvalue weighted by atomic mass is 10.1. The third-order valence-corrected chi connectivity index (χ3v) is 6.39. The first kappa shape index (κ1) is 17.8. The third-order valence-electron chi connectivity index (χ3n) is 4.42. The first-order valence-corrected chi connectivity index (χ1v) is 9.62. The van der Waals surface area contributed by atoms with Crippen LogP contribution in [0.1, 0.15) is 16.2 Å². The Morgan fingerprint density at radius 2 is 2.16 bits per heavy atom. The number of pyridine rings is 1. The second-order valence-electron chi connectivity index (χ2n) is 6.46. The molecular formula is C16H22N4O4S. The molecule has 2 atom stereocenters. The molecule has 1 aliphatic heterocycles. The van der Waals surface area contributed by atoms with Crippen molar-refractivity contribution in [3.8, 4) is 0 Å². The Morgan fingerprint density at radius 3 is 2.84 bits per heavy atom. The van der Waals surface area contributed by atoms with Gasteiger partial charge in [-0.05, 0) is 19.1 Å². The number of imidazole rings is 1. The van der Waals surface area contributed by atoms with E-state index in [1.807, 2.05) is 29.5 Å². The minimum atomic E-state index is -3.36. The summed E-state index contributed by atoms with van der Waals surface area (Å²) in [5, 5.41) is 2.86. The van der Waals surface area contributed by atoms with Crippen molar-refractivity contribution in [1.29, 1.82) is 0 Å². The number of carbonyl (C=O) groups excluding carboxylic acids is 1. The summed E-state index contributed by atoms with van der Waals surface area (Å²) < 4.78 is 32.6. The number of nitrogens with one attached hydrogen (secondary N) is 1. The van der Waals surface area contributed by atoms with Crippen molar-refractivity contribution in [2.75, 3.05) is 33.1 Å². The number of carbonyl (C=O) groups is 1. The average molecular weight is 366 g/mol. The van der Waals surface area contributed by atoms with E-state index in [-0.39, 0.29) is 23.6 Å². The summed E-state index contributed by atoms with van der Waals surface area (Å²) in [5.74, 6) is -0.671. The van der Waals surface area contributed by atoms with E-state index in [2.05, 4.69) is 10.3 Å². The van der Waals surface area contributed by atoms with Crippen LogP contribution in [0, 0.1) is 12.8 Å². The van der Waals surface area contributed by atoms with Gasteiger partial charge in [-0.25, -0.2) is 17.7 Å². The number of sulfonamides is 1. The fourth-order valence-electron chi connectivity index (χ4n) is 2.84. The Balaban J connectivity index is 1.74. The van der Waals surface area contributed by atoms with Gasteiger partial charge in [-0.3, -0.25) is 4.79 Å². The predicted octanol–water partition coefficient (Wildman–Crippen LogP) is 0.279. The summed E-state index contributed by atoms with van der Waals surface area (Å²) in [6.07, 6.45) is 1.68. The summed E-state index contributed by atoms with van der Waals surface area (Å²) in [6.45, 7) is 2.54. The molecule has 25 heavy (non-hydrogen) atoms. The van der Waals surface area contributed by atoms with Crippen molar-refractivity contribution in [3.05, 3.63) is 35.8 Å². The van der Waals surface area contributed by atoms with Crippen LogP contribution in [0.3, 0.4) is 0 Å². The summed E-state index contributed by atoms with van der Waals surface area (Å²) in [7, 11) is -0.363. The lowest BCUT2D eigenvalue weighted by Crippen LogP contribution is -2.43. The maximum absolute atomic E-state index is 12.5. The number of amides is 1. The second kappa shape index (κ2) is 6.74. The molecule has 2 aromatic heterocycles. The largest absolute Gasteiger partial charge is 0.379 e. The maximum atomic E-state index is 12.5. The highest BCUT2D eigenvalue weighted by atomic mass is 32.2. The molecule has 8 nitrogen and oxygen atoms in total. The SMILES string of the molecule is Cc1cccc2nc(C(=O)N[C@@H]3COC[C@H]3CS(=O)(=O)N(C)C)cn12. The van der Waals surface area contributed by atoms with Crippen LogP contribution in [0.2, 0.25) is 0 Å². The standard InChI is InChI=1S/C16H22N4O4S/c1-11-5-4-6-15-17-13(7-20(11)15)16(21)18-14-9-24-8-12(14)10-25(22,23)19(2)3/h4-7,12,14H,8-10H2,1-3H3,(H,18,21)/t12-,14+/m0/s1. The monoisotopic (exact) mass is 366 g/mol. The second-order valence-corrected chi connectivity index (χ2v) is 8.69. The van der Waals surface area contributed by atoms with E-state index in [1.165, 1.54) is 18.4 Å².